The van der Waals surface area contributed by atoms with Crippen LogP contribution in [0.3, 0.4) is 0 Å². The van der Waals surface area contributed by atoms with Crippen LogP contribution in [0.25, 0.3) is 0 Å². The van der Waals surface area contributed by atoms with Crippen LogP contribution < -0.4 is 10.4 Å². The highest BCUT2D eigenvalue weighted by atomic mass is 28.3. The molecule has 0 nitrogen and oxygen atoms in total. The van der Waals surface area contributed by atoms with Gasteiger partial charge in [-0.15, -0.1) is 0 Å². The molecule has 1 atom stereocenters. The summed E-state index contributed by atoms with van der Waals surface area (Å²) in [5.41, 5.74) is 6.94. The van der Waals surface area contributed by atoms with Gasteiger partial charge in [0.05, 0.1) is 0 Å². The molecule has 0 radical (unpaired) electrons. The molecule has 130 valence electrons. The number of hydrogen-bond donors (Lipinski definition) is 0. The van der Waals surface area contributed by atoms with E-state index in [1.165, 1.54) is 38.2 Å². The van der Waals surface area contributed by atoms with Crippen molar-refractivity contribution in [2.24, 2.45) is 5.92 Å². The molecule has 2 aromatic carbocycles. The lowest BCUT2D eigenvalue weighted by atomic mass is 10.2. The normalized spacial score (nSPS) is 17.5. The smallest absolute Gasteiger partial charge is 0.0776 e. The summed E-state index contributed by atoms with van der Waals surface area (Å²) in [5.74, 6) is 0.540. The molecule has 25 heavy (non-hydrogen) atoms. The standard InChI is InChI=1S/C24H30Si/c1-16-8-17(2)12-22(11-16)25(7,24-15-20(5)10-21(24)6)23-13-18(3)9-19(4)14-23/h8-15,20H,1-7H3. The van der Waals surface area contributed by atoms with Crippen molar-refractivity contribution in [3.63, 3.8) is 0 Å². The van der Waals surface area contributed by atoms with E-state index < -0.39 is 8.07 Å². The Kier molecular flexibility index (Phi) is 4.63. The molecule has 0 spiro atoms. The maximum atomic E-state index is 2.54. The summed E-state index contributed by atoms with van der Waals surface area (Å²) in [5, 5.41) is 4.65. The molecule has 0 heterocycles. The van der Waals surface area contributed by atoms with Crippen LogP contribution >= 0.6 is 0 Å². The van der Waals surface area contributed by atoms with Crippen molar-refractivity contribution in [3.05, 3.63) is 81.6 Å². The molecule has 3 rings (SSSR count). The molecule has 1 aliphatic carbocycles. The average Bonchev–Trinajstić information content (AvgIpc) is 2.83. The van der Waals surface area contributed by atoms with Crippen LogP contribution in [0.4, 0.5) is 0 Å². The lowest BCUT2D eigenvalue weighted by Crippen LogP contribution is -2.58. The zero-order valence-corrected chi connectivity index (χ0v) is 17.7. The van der Waals surface area contributed by atoms with Gasteiger partial charge in [0, 0.05) is 0 Å². The van der Waals surface area contributed by atoms with Gasteiger partial charge in [-0.1, -0.05) is 95.0 Å². The SMILES string of the molecule is CC1=CC(C)C=C1[Si](C)(c1cc(C)cc(C)c1)c1cc(C)cc(C)c1. The quantitative estimate of drug-likeness (QED) is 0.672. The Hall–Kier alpha value is -1.86. The minimum absolute atomic E-state index is 0.540. The fourth-order valence-corrected chi connectivity index (χ4v) is 8.98. The molecule has 0 bridgehead atoms. The molecule has 1 heteroatoms. The molecule has 0 aliphatic heterocycles. The topological polar surface area (TPSA) is 0 Å². The van der Waals surface area contributed by atoms with E-state index in [2.05, 4.69) is 96.6 Å². The van der Waals surface area contributed by atoms with Crippen LogP contribution in [0.15, 0.2) is 59.3 Å². The van der Waals surface area contributed by atoms with Gasteiger partial charge in [0.15, 0.2) is 0 Å². The van der Waals surface area contributed by atoms with Gasteiger partial charge in [-0.3, -0.25) is 0 Å². The molecular formula is C24H30Si. The average molecular weight is 347 g/mol. The van der Waals surface area contributed by atoms with Crippen LogP contribution in [-0.2, 0) is 0 Å². The van der Waals surface area contributed by atoms with E-state index in [1.54, 1.807) is 5.20 Å². The number of benzene rings is 2. The Bertz CT molecular complexity index is 791. The molecule has 2 aromatic rings. The second-order valence-electron chi connectivity index (χ2n) is 8.17. The fraction of sp³-hybridized carbons (Fsp3) is 0.333. The monoisotopic (exact) mass is 346 g/mol. The van der Waals surface area contributed by atoms with Crippen molar-refractivity contribution in [1.29, 1.82) is 0 Å². The first-order valence-electron chi connectivity index (χ1n) is 9.29. The third kappa shape index (κ3) is 3.30. The van der Waals surface area contributed by atoms with Crippen LogP contribution in [0.2, 0.25) is 6.55 Å². The highest BCUT2D eigenvalue weighted by molar-refractivity contribution is 7.07. The lowest BCUT2D eigenvalue weighted by molar-refractivity contribution is 0.954. The van der Waals surface area contributed by atoms with Crippen LogP contribution in [0.5, 0.6) is 0 Å². The lowest BCUT2D eigenvalue weighted by Gasteiger charge is -2.33. The van der Waals surface area contributed by atoms with Crippen molar-refractivity contribution in [2.75, 3.05) is 0 Å². The number of rotatable bonds is 3. The minimum Gasteiger partial charge on any atom is -0.0776 e. The summed E-state index contributed by atoms with van der Waals surface area (Å²) in [7, 11) is -2.01. The summed E-state index contributed by atoms with van der Waals surface area (Å²) in [6.07, 6.45) is 4.93. The summed E-state index contributed by atoms with van der Waals surface area (Å²) in [6.45, 7) is 16.0. The predicted octanol–water partition coefficient (Wildman–Crippen LogP) is 5.17. The predicted molar refractivity (Wildman–Crippen MR) is 114 cm³/mol. The van der Waals surface area contributed by atoms with Crippen LogP contribution in [-0.4, -0.2) is 8.07 Å². The number of aryl methyl sites for hydroxylation is 4. The van der Waals surface area contributed by atoms with E-state index in [-0.39, 0.29) is 0 Å². The van der Waals surface area contributed by atoms with E-state index >= 15 is 0 Å². The first-order valence-corrected chi connectivity index (χ1v) is 11.8. The summed E-state index contributed by atoms with van der Waals surface area (Å²) in [6, 6.07) is 14.3. The first-order chi connectivity index (χ1) is 11.7. The second kappa shape index (κ2) is 6.46. The Labute approximate surface area is 154 Å². The zero-order valence-electron chi connectivity index (χ0n) is 16.7. The second-order valence-corrected chi connectivity index (χ2v) is 12.1. The summed E-state index contributed by atoms with van der Waals surface area (Å²) >= 11 is 0. The van der Waals surface area contributed by atoms with Crippen LogP contribution in [0, 0.1) is 33.6 Å². The van der Waals surface area contributed by atoms with E-state index in [4.69, 9.17) is 0 Å². The van der Waals surface area contributed by atoms with Gasteiger partial charge in [0.2, 0.25) is 0 Å². The molecule has 0 aromatic heterocycles. The van der Waals surface area contributed by atoms with Crippen molar-refractivity contribution < 1.29 is 0 Å². The van der Waals surface area contributed by atoms with E-state index in [1.807, 2.05) is 0 Å². The first kappa shape index (κ1) is 17.9. The van der Waals surface area contributed by atoms with E-state index in [0.29, 0.717) is 5.92 Å². The third-order valence-corrected chi connectivity index (χ3v) is 10.0. The maximum Gasteiger partial charge on any atom is 0.145 e. The van der Waals surface area contributed by atoms with E-state index in [0.717, 1.165) is 0 Å². The maximum absolute atomic E-state index is 2.54. The van der Waals surface area contributed by atoms with Crippen molar-refractivity contribution in [2.45, 2.75) is 48.1 Å². The highest BCUT2D eigenvalue weighted by Crippen LogP contribution is 2.31. The summed E-state index contributed by atoms with van der Waals surface area (Å²) < 4.78 is 0. The van der Waals surface area contributed by atoms with Crippen molar-refractivity contribution >= 4 is 18.4 Å². The largest absolute Gasteiger partial charge is 0.145 e. The Morgan fingerprint density at radius 3 is 1.36 bits per heavy atom. The molecule has 1 aliphatic rings. The molecule has 1 unspecified atom stereocenters. The zero-order chi connectivity index (χ0) is 18.4. The Morgan fingerprint density at radius 1 is 0.640 bits per heavy atom. The number of hydrogen-bond acceptors (Lipinski definition) is 0. The van der Waals surface area contributed by atoms with Gasteiger partial charge in [0.1, 0.15) is 8.07 Å². The minimum atomic E-state index is -2.01. The Morgan fingerprint density at radius 2 is 1.04 bits per heavy atom. The van der Waals surface area contributed by atoms with Gasteiger partial charge in [-0.2, -0.15) is 0 Å². The van der Waals surface area contributed by atoms with Gasteiger partial charge in [-0.05, 0) is 50.9 Å². The molecule has 0 N–H and O–H groups in total. The van der Waals surface area contributed by atoms with Gasteiger partial charge in [-0.25, -0.2) is 0 Å². The summed E-state index contributed by atoms with van der Waals surface area (Å²) in [4.78, 5) is 0. The third-order valence-electron chi connectivity index (χ3n) is 5.50. The van der Waals surface area contributed by atoms with Crippen LogP contribution in [0.1, 0.15) is 36.1 Å². The van der Waals surface area contributed by atoms with Crippen molar-refractivity contribution in [3.8, 4) is 0 Å². The van der Waals surface area contributed by atoms with Gasteiger partial charge < -0.3 is 0 Å². The Balaban J connectivity index is 2.32. The molecule has 0 fully saturated rings. The molecule has 0 saturated heterocycles. The van der Waals surface area contributed by atoms with Crippen molar-refractivity contribution in [1.82, 2.24) is 0 Å². The molecule has 0 saturated carbocycles. The fourth-order valence-electron chi connectivity index (χ4n) is 4.49. The number of allylic oxidation sites excluding steroid dienone is 4. The molecule has 0 amide bonds. The highest BCUT2D eigenvalue weighted by Gasteiger charge is 2.38. The molecular weight excluding hydrogens is 316 g/mol. The van der Waals surface area contributed by atoms with E-state index in [9.17, 15) is 0 Å². The van der Waals surface area contributed by atoms with Gasteiger partial charge >= 0.3 is 0 Å². The van der Waals surface area contributed by atoms with Gasteiger partial charge in [0.25, 0.3) is 0 Å².